The maximum Gasteiger partial charge on any atom is 0.261 e. The molecule has 0 bridgehead atoms. The highest BCUT2D eigenvalue weighted by atomic mass is 32.2. The molecule has 0 saturated carbocycles. The standard InChI is InChI=1S/C24H24N2O3S/c1-18-8-5-6-11-22(18)25-30(28,29)21-15-13-20(14-16-21)24(27)26-17-7-12-23(26)19-9-3-2-4-10-19/h2-6,8-11,13-16,23,25H,7,12,17H2,1H3. The van der Waals surface area contributed by atoms with Crippen LogP contribution in [0.3, 0.4) is 0 Å². The zero-order valence-corrected chi connectivity index (χ0v) is 17.6. The summed E-state index contributed by atoms with van der Waals surface area (Å²) in [6.45, 7) is 2.55. The molecular formula is C24H24N2O3S. The Hall–Kier alpha value is -3.12. The molecule has 1 saturated heterocycles. The molecule has 3 aromatic rings. The first-order valence-electron chi connectivity index (χ1n) is 10.0. The largest absolute Gasteiger partial charge is 0.332 e. The van der Waals surface area contributed by atoms with Gasteiger partial charge in [0.15, 0.2) is 0 Å². The lowest BCUT2D eigenvalue weighted by atomic mass is 10.0. The minimum Gasteiger partial charge on any atom is -0.332 e. The molecule has 1 fully saturated rings. The van der Waals surface area contributed by atoms with Crippen molar-refractivity contribution in [2.24, 2.45) is 0 Å². The number of hydrogen-bond acceptors (Lipinski definition) is 3. The van der Waals surface area contributed by atoms with Crippen molar-refractivity contribution < 1.29 is 13.2 Å². The predicted octanol–water partition coefficient (Wildman–Crippen LogP) is 4.77. The minimum atomic E-state index is -3.73. The summed E-state index contributed by atoms with van der Waals surface area (Å²) >= 11 is 0. The van der Waals surface area contributed by atoms with Gasteiger partial charge in [-0.1, -0.05) is 48.5 Å². The Balaban J connectivity index is 1.53. The molecule has 5 nitrogen and oxygen atoms in total. The molecular weight excluding hydrogens is 396 g/mol. The number of anilines is 1. The lowest BCUT2D eigenvalue weighted by Gasteiger charge is -2.25. The normalized spacial score (nSPS) is 16.4. The highest BCUT2D eigenvalue weighted by Crippen LogP contribution is 2.33. The van der Waals surface area contributed by atoms with E-state index < -0.39 is 10.0 Å². The van der Waals surface area contributed by atoms with Crippen molar-refractivity contribution in [2.75, 3.05) is 11.3 Å². The number of nitrogens with zero attached hydrogens (tertiary/aromatic N) is 1. The van der Waals surface area contributed by atoms with E-state index in [9.17, 15) is 13.2 Å². The van der Waals surface area contributed by atoms with Gasteiger partial charge in [0.1, 0.15) is 0 Å². The molecule has 1 heterocycles. The molecule has 1 aliphatic heterocycles. The second-order valence-corrected chi connectivity index (χ2v) is 9.19. The molecule has 30 heavy (non-hydrogen) atoms. The summed E-state index contributed by atoms with van der Waals surface area (Å²) in [5.74, 6) is -0.0721. The summed E-state index contributed by atoms with van der Waals surface area (Å²) in [4.78, 5) is 15.1. The SMILES string of the molecule is Cc1ccccc1NS(=O)(=O)c1ccc(C(=O)N2CCCC2c2ccccc2)cc1. The Morgan fingerprint density at radius 2 is 1.60 bits per heavy atom. The van der Waals surface area contributed by atoms with Crippen LogP contribution in [-0.2, 0) is 10.0 Å². The van der Waals surface area contributed by atoms with Gasteiger partial charge >= 0.3 is 0 Å². The third-order valence-corrected chi connectivity index (χ3v) is 6.88. The first kappa shape index (κ1) is 20.2. The number of sulfonamides is 1. The van der Waals surface area contributed by atoms with E-state index in [1.807, 2.05) is 54.3 Å². The third kappa shape index (κ3) is 4.09. The van der Waals surface area contributed by atoms with Crippen LogP contribution in [0.25, 0.3) is 0 Å². The summed E-state index contributed by atoms with van der Waals surface area (Å²) in [6.07, 6.45) is 1.89. The maximum absolute atomic E-state index is 13.1. The molecule has 1 amide bonds. The van der Waals surface area contributed by atoms with Gasteiger partial charge in [-0.3, -0.25) is 9.52 Å². The van der Waals surface area contributed by atoms with Gasteiger partial charge in [-0.2, -0.15) is 0 Å². The highest BCUT2D eigenvalue weighted by molar-refractivity contribution is 7.92. The molecule has 1 unspecified atom stereocenters. The number of rotatable bonds is 5. The second-order valence-electron chi connectivity index (χ2n) is 7.51. The fourth-order valence-electron chi connectivity index (χ4n) is 3.87. The van der Waals surface area contributed by atoms with E-state index in [1.165, 1.54) is 12.1 Å². The molecule has 0 aromatic heterocycles. The molecule has 1 atom stereocenters. The molecule has 3 aromatic carbocycles. The van der Waals surface area contributed by atoms with Crippen molar-refractivity contribution in [3.8, 4) is 0 Å². The number of para-hydroxylation sites is 1. The van der Waals surface area contributed by atoms with Crippen molar-refractivity contribution in [3.63, 3.8) is 0 Å². The summed E-state index contributed by atoms with van der Waals surface area (Å²) < 4.78 is 28.1. The van der Waals surface area contributed by atoms with Crippen LogP contribution in [0.4, 0.5) is 5.69 Å². The van der Waals surface area contributed by atoms with Gasteiger partial charge in [-0.15, -0.1) is 0 Å². The monoisotopic (exact) mass is 420 g/mol. The maximum atomic E-state index is 13.1. The van der Waals surface area contributed by atoms with Crippen molar-refractivity contribution in [1.82, 2.24) is 4.90 Å². The van der Waals surface area contributed by atoms with E-state index in [2.05, 4.69) is 4.72 Å². The zero-order valence-electron chi connectivity index (χ0n) is 16.8. The van der Waals surface area contributed by atoms with Gasteiger partial charge in [0.05, 0.1) is 16.6 Å². The van der Waals surface area contributed by atoms with Crippen LogP contribution in [0.5, 0.6) is 0 Å². The first-order chi connectivity index (χ1) is 14.5. The number of likely N-dealkylation sites (tertiary alicyclic amines) is 1. The topological polar surface area (TPSA) is 66.5 Å². The number of hydrogen-bond donors (Lipinski definition) is 1. The van der Waals surface area contributed by atoms with Crippen molar-refractivity contribution in [2.45, 2.75) is 30.7 Å². The fraction of sp³-hybridized carbons (Fsp3) is 0.208. The average Bonchev–Trinajstić information content (AvgIpc) is 3.25. The van der Waals surface area contributed by atoms with Gasteiger partial charge in [-0.05, 0) is 61.2 Å². The fourth-order valence-corrected chi connectivity index (χ4v) is 5.00. The molecule has 4 rings (SSSR count). The number of benzene rings is 3. The lowest BCUT2D eigenvalue weighted by Crippen LogP contribution is -2.30. The van der Waals surface area contributed by atoms with Crippen molar-refractivity contribution >= 4 is 21.6 Å². The number of carbonyl (C=O) groups excluding carboxylic acids is 1. The Bertz CT molecular complexity index is 1140. The summed E-state index contributed by atoms with van der Waals surface area (Å²) in [7, 11) is -3.73. The molecule has 0 aliphatic carbocycles. The van der Waals surface area contributed by atoms with Crippen LogP contribution in [0.1, 0.15) is 40.4 Å². The Morgan fingerprint density at radius 3 is 2.30 bits per heavy atom. The number of aryl methyl sites for hydroxylation is 1. The van der Waals surface area contributed by atoms with Crippen LogP contribution in [0.2, 0.25) is 0 Å². The molecule has 1 N–H and O–H groups in total. The zero-order chi connectivity index (χ0) is 21.1. The smallest absolute Gasteiger partial charge is 0.261 e. The Kier molecular flexibility index (Phi) is 5.59. The van der Waals surface area contributed by atoms with E-state index in [4.69, 9.17) is 0 Å². The van der Waals surface area contributed by atoms with E-state index >= 15 is 0 Å². The van der Waals surface area contributed by atoms with E-state index in [0.717, 1.165) is 24.0 Å². The van der Waals surface area contributed by atoms with Crippen molar-refractivity contribution in [1.29, 1.82) is 0 Å². The van der Waals surface area contributed by atoms with Crippen LogP contribution in [0, 0.1) is 6.92 Å². The van der Waals surface area contributed by atoms with Gasteiger partial charge in [-0.25, -0.2) is 8.42 Å². The number of nitrogens with one attached hydrogen (secondary N) is 1. The second kappa shape index (κ2) is 8.32. The summed E-state index contributed by atoms with van der Waals surface area (Å²) in [5, 5.41) is 0. The summed E-state index contributed by atoms with van der Waals surface area (Å²) in [5.41, 5.74) is 3.01. The third-order valence-electron chi connectivity index (χ3n) is 5.50. The van der Waals surface area contributed by atoms with E-state index in [1.54, 1.807) is 24.3 Å². The molecule has 0 radical (unpaired) electrons. The quantitative estimate of drug-likeness (QED) is 0.646. The Morgan fingerprint density at radius 1 is 0.933 bits per heavy atom. The van der Waals surface area contributed by atoms with Crippen LogP contribution >= 0.6 is 0 Å². The van der Waals surface area contributed by atoms with Crippen LogP contribution in [-0.4, -0.2) is 25.8 Å². The van der Waals surface area contributed by atoms with Crippen LogP contribution in [0.15, 0.2) is 83.8 Å². The summed E-state index contributed by atoms with van der Waals surface area (Å²) in [6, 6.07) is 23.5. The predicted molar refractivity (Wildman–Crippen MR) is 118 cm³/mol. The Labute approximate surface area is 177 Å². The van der Waals surface area contributed by atoms with Gasteiger partial charge < -0.3 is 4.90 Å². The number of amides is 1. The molecule has 6 heteroatoms. The van der Waals surface area contributed by atoms with Gasteiger partial charge in [0, 0.05) is 12.1 Å². The van der Waals surface area contributed by atoms with Crippen LogP contribution < -0.4 is 4.72 Å². The van der Waals surface area contributed by atoms with Crippen molar-refractivity contribution in [3.05, 3.63) is 95.6 Å². The first-order valence-corrected chi connectivity index (χ1v) is 11.5. The number of carbonyl (C=O) groups is 1. The molecule has 154 valence electrons. The molecule has 0 spiro atoms. The van der Waals surface area contributed by atoms with E-state index in [0.29, 0.717) is 17.8 Å². The lowest BCUT2D eigenvalue weighted by molar-refractivity contribution is 0.0735. The van der Waals surface area contributed by atoms with Gasteiger partial charge in [0.25, 0.3) is 15.9 Å². The minimum absolute atomic E-state index is 0.0600. The van der Waals surface area contributed by atoms with Gasteiger partial charge in [0.2, 0.25) is 0 Å². The highest BCUT2D eigenvalue weighted by Gasteiger charge is 2.30. The molecule has 1 aliphatic rings. The van der Waals surface area contributed by atoms with E-state index in [-0.39, 0.29) is 16.8 Å². The average molecular weight is 421 g/mol.